The van der Waals surface area contributed by atoms with E-state index >= 15 is 0 Å². The van der Waals surface area contributed by atoms with Crippen molar-refractivity contribution in [3.63, 3.8) is 0 Å². The molecule has 0 aliphatic carbocycles. The van der Waals surface area contributed by atoms with Gasteiger partial charge in [-0.1, -0.05) is 18.2 Å². The molecule has 0 unspecified atom stereocenters. The third kappa shape index (κ3) is 7.37. The Labute approximate surface area is 212 Å². The summed E-state index contributed by atoms with van der Waals surface area (Å²) in [6.07, 6.45) is 0.0400. The minimum absolute atomic E-state index is 0.282. The van der Waals surface area contributed by atoms with E-state index in [4.69, 9.17) is 14.2 Å². The number of nitrogens with one attached hydrogen (secondary N) is 2. The van der Waals surface area contributed by atoms with E-state index in [1.165, 1.54) is 0 Å². The third-order valence-electron chi connectivity index (χ3n) is 5.75. The van der Waals surface area contributed by atoms with Gasteiger partial charge in [0.1, 0.15) is 11.4 Å². The first-order chi connectivity index (χ1) is 17.1. The van der Waals surface area contributed by atoms with Crippen LogP contribution >= 0.6 is 0 Å². The summed E-state index contributed by atoms with van der Waals surface area (Å²) in [5, 5.41) is 5.61. The van der Waals surface area contributed by atoms with Crippen LogP contribution in [0, 0.1) is 5.92 Å². The highest BCUT2D eigenvalue weighted by Gasteiger charge is 2.39. The maximum Gasteiger partial charge on any atom is 0.410 e. The predicted molar refractivity (Wildman–Crippen MR) is 137 cm³/mol. The number of hydrogen-bond acceptors (Lipinski definition) is 6. The molecule has 2 aromatic carbocycles. The first kappa shape index (κ1) is 26.8. The van der Waals surface area contributed by atoms with Crippen LogP contribution in [0.3, 0.4) is 0 Å². The van der Waals surface area contributed by atoms with Crippen molar-refractivity contribution < 1.29 is 28.6 Å². The van der Waals surface area contributed by atoms with Crippen LogP contribution in [0.15, 0.2) is 48.5 Å². The average molecular weight is 498 g/mol. The lowest BCUT2D eigenvalue weighted by Gasteiger charge is -2.38. The van der Waals surface area contributed by atoms with E-state index in [-0.39, 0.29) is 18.5 Å². The number of benzene rings is 2. The number of likely N-dealkylation sites (tertiary alicyclic amines) is 1. The molecule has 2 atom stereocenters. The average Bonchev–Trinajstić information content (AvgIpc) is 2.83. The van der Waals surface area contributed by atoms with E-state index in [2.05, 4.69) is 10.6 Å². The number of amides is 3. The third-order valence-corrected chi connectivity index (χ3v) is 5.75. The zero-order chi connectivity index (χ0) is 26.3. The van der Waals surface area contributed by atoms with Crippen LogP contribution in [0.1, 0.15) is 45.6 Å². The summed E-state index contributed by atoms with van der Waals surface area (Å²) in [5.41, 5.74) is 1.35. The number of anilines is 2. The fourth-order valence-corrected chi connectivity index (χ4v) is 4.15. The van der Waals surface area contributed by atoms with Gasteiger partial charge in [0, 0.05) is 36.4 Å². The van der Waals surface area contributed by atoms with Crippen LogP contribution in [0.5, 0.6) is 5.75 Å². The normalized spacial score (nSPS) is 17.6. The summed E-state index contributed by atoms with van der Waals surface area (Å²) >= 11 is 0. The monoisotopic (exact) mass is 497 g/mol. The van der Waals surface area contributed by atoms with Crippen LogP contribution in [-0.2, 0) is 14.3 Å². The molecule has 3 amide bonds. The summed E-state index contributed by atoms with van der Waals surface area (Å²) in [4.78, 5) is 39.7. The zero-order valence-corrected chi connectivity index (χ0v) is 21.5. The number of methoxy groups -OCH3 is 1. The van der Waals surface area contributed by atoms with Crippen molar-refractivity contribution in [1.29, 1.82) is 0 Å². The number of rotatable bonds is 6. The summed E-state index contributed by atoms with van der Waals surface area (Å²) in [5.74, 6) is -0.384. The van der Waals surface area contributed by atoms with E-state index in [0.717, 1.165) is 5.56 Å². The maximum absolute atomic E-state index is 12.8. The van der Waals surface area contributed by atoms with Gasteiger partial charge in [-0.15, -0.1) is 0 Å². The number of carbonyl (C=O) groups is 3. The van der Waals surface area contributed by atoms with Gasteiger partial charge in [0.15, 0.2) is 0 Å². The van der Waals surface area contributed by atoms with Gasteiger partial charge in [0.2, 0.25) is 0 Å². The number of urea groups is 1. The molecular weight excluding hydrogens is 462 g/mol. The number of ether oxygens (including phenoxy) is 3. The van der Waals surface area contributed by atoms with Crippen LogP contribution in [0.25, 0.3) is 0 Å². The first-order valence-electron chi connectivity index (χ1n) is 12.1. The van der Waals surface area contributed by atoms with Gasteiger partial charge in [-0.2, -0.15) is 0 Å². The Hall–Kier alpha value is -3.75. The largest absolute Gasteiger partial charge is 0.497 e. The number of hydrogen-bond donors (Lipinski definition) is 2. The smallest absolute Gasteiger partial charge is 0.410 e. The molecule has 9 nitrogen and oxygen atoms in total. The molecule has 0 radical (unpaired) electrons. The van der Waals surface area contributed by atoms with Crippen molar-refractivity contribution >= 4 is 29.5 Å². The minimum Gasteiger partial charge on any atom is -0.497 e. The Morgan fingerprint density at radius 3 is 2.33 bits per heavy atom. The van der Waals surface area contributed by atoms with Crippen LogP contribution in [0.4, 0.5) is 21.0 Å². The lowest BCUT2D eigenvalue weighted by Crippen LogP contribution is -2.47. The molecule has 1 heterocycles. The topological polar surface area (TPSA) is 106 Å². The van der Waals surface area contributed by atoms with Crippen molar-refractivity contribution in [1.82, 2.24) is 4.90 Å². The van der Waals surface area contributed by atoms with E-state index in [9.17, 15) is 14.4 Å². The SMILES string of the molecule is CCOC(=O)[C@@H]1CCN(C(=O)OC(C)(C)C)C[C@H]1c1cccc(NC(=O)Nc2cccc(OC)c2)c1. The van der Waals surface area contributed by atoms with Crippen LogP contribution in [-0.4, -0.2) is 55.4 Å². The number of piperidine rings is 1. The van der Waals surface area contributed by atoms with Gasteiger partial charge < -0.3 is 29.7 Å². The zero-order valence-electron chi connectivity index (χ0n) is 21.5. The predicted octanol–water partition coefficient (Wildman–Crippen LogP) is 5.24. The highest BCUT2D eigenvalue weighted by atomic mass is 16.6. The van der Waals surface area contributed by atoms with E-state index in [1.54, 1.807) is 49.3 Å². The molecule has 36 heavy (non-hydrogen) atoms. The Morgan fingerprint density at radius 1 is 1.03 bits per heavy atom. The summed E-state index contributed by atoms with van der Waals surface area (Å²) in [6.45, 7) is 8.21. The van der Waals surface area contributed by atoms with Crippen LogP contribution in [0.2, 0.25) is 0 Å². The van der Waals surface area contributed by atoms with Gasteiger partial charge in [0.05, 0.1) is 19.6 Å². The van der Waals surface area contributed by atoms with Crippen molar-refractivity contribution in [3.8, 4) is 5.75 Å². The molecule has 2 aromatic rings. The quantitative estimate of drug-likeness (QED) is 0.529. The molecule has 194 valence electrons. The molecule has 0 spiro atoms. The molecule has 1 fully saturated rings. The number of nitrogens with zero attached hydrogens (tertiary/aromatic N) is 1. The lowest BCUT2D eigenvalue weighted by molar-refractivity contribution is -0.150. The number of esters is 1. The van der Waals surface area contributed by atoms with Crippen molar-refractivity contribution in [2.24, 2.45) is 5.92 Å². The van der Waals surface area contributed by atoms with E-state index in [1.807, 2.05) is 39.0 Å². The van der Waals surface area contributed by atoms with Crippen molar-refractivity contribution in [3.05, 3.63) is 54.1 Å². The van der Waals surface area contributed by atoms with Gasteiger partial charge in [-0.3, -0.25) is 4.79 Å². The minimum atomic E-state index is -0.620. The molecule has 9 heteroatoms. The fourth-order valence-electron chi connectivity index (χ4n) is 4.15. The molecule has 2 N–H and O–H groups in total. The molecular formula is C27H35N3O6. The molecule has 1 aliphatic rings. The second-order valence-electron chi connectivity index (χ2n) is 9.62. The first-order valence-corrected chi connectivity index (χ1v) is 12.1. The van der Waals surface area contributed by atoms with Crippen molar-refractivity contribution in [2.75, 3.05) is 37.4 Å². The molecule has 3 rings (SSSR count). The lowest BCUT2D eigenvalue weighted by atomic mass is 9.80. The summed E-state index contributed by atoms with van der Waals surface area (Å²) in [7, 11) is 1.56. The van der Waals surface area contributed by atoms with Gasteiger partial charge in [-0.05, 0) is 63.9 Å². The second kappa shape index (κ2) is 11.8. The highest BCUT2D eigenvalue weighted by molar-refractivity contribution is 5.99. The second-order valence-corrected chi connectivity index (χ2v) is 9.62. The summed E-state index contributed by atoms with van der Waals surface area (Å²) < 4.78 is 16.1. The van der Waals surface area contributed by atoms with Gasteiger partial charge in [0.25, 0.3) is 0 Å². The Morgan fingerprint density at radius 2 is 1.69 bits per heavy atom. The molecule has 0 aromatic heterocycles. The van der Waals surface area contributed by atoms with E-state index in [0.29, 0.717) is 36.6 Å². The fraction of sp³-hybridized carbons (Fsp3) is 0.444. The Bertz CT molecular complexity index is 1080. The standard InChI is InChI=1S/C27H35N3O6/c1-6-35-24(31)22-13-14-30(26(33)36-27(2,3)4)17-23(22)18-9-7-10-19(15-18)28-25(32)29-20-11-8-12-21(16-20)34-5/h7-12,15-16,22-23H,6,13-14,17H2,1-5H3,(H2,28,29,32)/t22-,23+/m1/s1. The summed E-state index contributed by atoms with van der Waals surface area (Å²) in [6, 6.07) is 13.9. The van der Waals surface area contributed by atoms with Gasteiger partial charge in [-0.25, -0.2) is 9.59 Å². The molecule has 0 saturated carbocycles. The number of carbonyl (C=O) groups excluding carboxylic acids is 3. The van der Waals surface area contributed by atoms with Gasteiger partial charge >= 0.3 is 18.1 Å². The van der Waals surface area contributed by atoms with Crippen molar-refractivity contribution in [2.45, 2.75) is 45.6 Å². The van der Waals surface area contributed by atoms with Crippen LogP contribution < -0.4 is 15.4 Å². The molecule has 1 aliphatic heterocycles. The molecule has 1 saturated heterocycles. The Kier molecular flexibility index (Phi) is 8.79. The highest BCUT2D eigenvalue weighted by Crippen LogP contribution is 2.35. The van der Waals surface area contributed by atoms with E-state index < -0.39 is 23.6 Å². The molecule has 0 bridgehead atoms. The maximum atomic E-state index is 12.8. The Balaban J connectivity index is 1.78.